The van der Waals surface area contributed by atoms with Crippen LogP contribution in [0.5, 0.6) is 5.75 Å². The molecule has 8 rings (SSSR count). The largest absolute Gasteiger partial charge is 0.497 e. The zero-order valence-corrected chi connectivity index (χ0v) is 35.7. The fourth-order valence-corrected chi connectivity index (χ4v) is 13.7. The number of para-hydroxylation sites is 1. The number of rotatable bonds is 13. The minimum absolute atomic E-state index is 0.0661. The van der Waals surface area contributed by atoms with Crippen molar-refractivity contribution in [1.29, 1.82) is 0 Å². The first-order valence-corrected chi connectivity index (χ1v) is 23.8. The molecular weight excluding hydrogens is 769 g/mol. The molecule has 10 nitrogen and oxygen atoms in total. The first-order valence-electron chi connectivity index (χ1n) is 20.8. The van der Waals surface area contributed by atoms with E-state index in [4.69, 9.17) is 14.6 Å². The Morgan fingerprint density at radius 3 is 2.22 bits per heavy atom. The Morgan fingerprint density at radius 1 is 0.867 bits per heavy atom. The first kappa shape index (κ1) is 40.9. The number of methoxy groups -OCH3 is 1. The van der Waals surface area contributed by atoms with E-state index in [9.17, 15) is 14.7 Å². The molecule has 0 radical (unpaired) electrons. The molecule has 0 aromatic heterocycles. The van der Waals surface area contributed by atoms with Gasteiger partial charge in [-0.3, -0.25) is 14.4 Å². The van der Waals surface area contributed by atoms with E-state index in [1.807, 2.05) is 126 Å². The van der Waals surface area contributed by atoms with Gasteiger partial charge in [0.15, 0.2) is 5.60 Å². The summed E-state index contributed by atoms with van der Waals surface area (Å²) in [5.41, 5.74) is 4.50. The molecule has 1 fully saturated rings. The molecule has 11 heteroatoms. The van der Waals surface area contributed by atoms with E-state index in [0.717, 1.165) is 39.4 Å². The van der Waals surface area contributed by atoms with E-state index in [-0.39, 0.29) is 55.3 Å². The topological polar surface area (TPSA) is 112 Å². The molecule has 3 heterocycles. The molecule has 1 saturated heterocycles. The van der Waals surface area contributed by atoms with Crippen molar-refractivity contribution in [3.63, 3.8) is 0 Å². The van der Waals surface area contributed by atoms with Gasteiger partial charge in [-0.05, 0) is 52.6 Å². The molecule has 4 atom stereocenters. The van der Waals surface area contributed by atoms with Crippen LogP contribution in [0.1, 0.15) is 48.4 Å². The van der Waals surface area contributed by atoms with Crippen LogP contribution in [0.2, 0.25) is 18.6 Å². The summed E-state index contributed by atoms with van der Waals surface area (Å²) >= 11 is 0. The summed E-state index contributed by atoms with van der Waals surface area (Å²) in [6.07, 6.45) is 0.442. The van der Waals surface area contributed by atoms with E-state index in [0.29, 0.717) is 25.1 Å². The summed E-state index contributed by atoms with van der Waals surface area (Å²) in [7, 11) is -0.861. The summed E-state index contributed by atoms with van der Waals surface area (Å²) in [4.78, 5) is 46.3. The fraction of sp³-hybridized carbons (Fsp3) is 0.306. The first-order chi connectivity index (χ1) is 29.0. The zero-order chi connectivity index (χ0) is 42.0. The highest BCUT2D eigenvalue weighted by atomic mass is 28.3. The number of fused-ring (bicyclic) bond motifs is 2. The highest BCUT2D eigenvalue weighted by Crippen LogP contribution is 2.60. The second kappa shape index (κ2) is 17.0. The van der Waals surface area contributed by atoms with Gasteiger partial charge >= 0.3 is 0 Å². The smallest absolute Gasteiger partial charge is 0.264 e. The molecule has 1 spiro atoms. The highest BCUT2D eigenvalue weighted by molar-refractivity contribution is 6.91. The van der Waals surface area contributed by atoms with E-state index in [2.05, 4.69) is 32.2 Å². The molecule has 60 heavy (non-hydrogen) atoms. The summed E-state index contributed by atoms with van der Waals surface area (Å²) in [6.45, 7) is 7.39. The summed E-state index contributed by atoms with van der Waals surface area (Å²) < 4.78 is 12.8. The summed E-state index contributed by atoms with van der Waals surface area (Å²) in [5.74, 6) is 0.124. The lowest BCUT2D eigenvalue weighted by molar-refractivity contribution is -0.150. The molecule has 3 aliphatic rings. The minimum Gasteiger partial charge on any atom is -0.497 e. The molecule has 0 bridgehead atoms. The van der Waals surface area contributed by atoms with Gasteiger partial charge in [0, 0.05) is 37.4 Å². The van der Waals surface area contributed by atoms with E-state index in [1.54, 1.807) is 12.0 Å². The highest BCUT2D eigenvalue weighted by Gasteiger charge is 2.66. The predicted molar refractivity (Wildman–Crippen MR) is 237 cm³/mol. The number of benzene rings is 5. The van der Waals surface area contributed by atoms with Crippen molar-refractivity contribution in [2.75, 3.05) is 30.2 Å². The van der Waals surface area contributed by atoms with Crippen LogP contribution < -0.4 is 19.8 Å². The predicted octanol–water partition coefficient (Wildman–Crippen LogP) is 7.40. The van der Waals surface area contributed by atoms with Crippen LogP contribution in [-0.4, -0.2) is 67.9 Å². The summed E-state index contributed by atoms with van der Waals surface area (Å²) in [5, 5.41) is 17.4. The number of anilines is 2. The molecule has 308 valence electrons. The van der Waals surface area contributed by atoms with Gasteiger partial charge in [-0.15, -0.1) is 0 Å². The van der Waals surface area contributed by atoms with E-state index < -0.39 is 19.8 Å². The maximum Gasteiger partial charge on any atom is 0.264 e. The number of ether oxygens (including phenoxy) is 2. The number of carbonyl (C=O) groups is 3. The Hall–Kier alpha value is -5.88. The lowest BCUT2D eigenvalue weighted by Crippen LogP contribution is -2.52. The molecule has 5 aromatic carbocycles. The second-order valence-electron chi connectivity index (χ2n) is 16.6. The Balaban J connectivity index is 1.11. The van der Waals surface area contributed by atoms with Crippen molar-refractivity contribution in [2.45, 2.75) is 69.6 Å². The molecule has 0 unspecified atom stereocenters. The number of amides is 3. The normalized spacial score (nSPS) is 21.3. The van der Waals surface area contributed by atoms with Gasteiger partial charge in [-0.25, -0.2) is 5.01 Å². The quantitative estimate of drug-likeness (QED) is 0.124. The number of nitrogens with zero attached hydrogens (tertiary/aromatic N) is 4. The zero-order valence-electron chi connectivity index (χ0n) is 34.7. The van der Waals surface area contributed by atoms with Crippen molar-refractivity contribution >= 4 is 48.1 Å². The van der Waals surface area contributed by atoms with Crippen molar-refractivity contribution in [2.24, 2.45) is 11.0 Å². The van der Waals surface area contributed by atoms with Crippen molar-refractivity contribution in [1.82, 2.24) is 4.90 Å². The van der Waals surface area contributed by atoms with Crippen LogP contribution in [0.3, 0.4) is 0 Å². The molecule has 5 aromatic rings. The Morgan fingerprint density at radius 2 is 1.53 bits per heavy atom. The molecule has 1 N–H and O–H groups in total. The lowest BCUT2D eigenvalue weighted by atomic mass is 9.82. The van der Waals surface area contributed by atoms with Crippen LogP contribution in [0.15, 0.2) is 139 Å². The van der Waals surface area contributed by atoms with E-state index >= 15 is 4.79 Å². The number of hydrogen-bond acceptors (Lipinski definition) is 7. The van der Waals surface area contributed by atoms with Crippen LogP contribution in [0, 0.1) is 5.92 Å². The van der Waals surface area contributed by atoms with Crippen LogP contribution in [0.25, 0.3) is 0 Å². The molecule has 3 aliphatic heterocycles. The van der Waals surface area contributed by atoms with Gasteiger partial charge in [0.1, 0.15) is 5.75 Å². The molecule has 3 amide bonds. The minimum atomic E-state index is -2.51. The second-order valence-corrected chi connectivity index (χ2v) is 21.3. The maximum absolute atomic E-state index is 15.3. The molecule has 0 saturated carbocycles. The van der Waals surface area contributed by atoms with Crippen molar-refractivity contribution < 1.29 is 29.0 Å². The average molecular weight is 821 g/mol. The fourth-order valence-electron chi connectivity index (χ4n) is 9.66. The Labute approximate surface area is 353 Å². The van der Waals surface area contributed by atoms with E-state index in [1.165, 1.54) is 10.2 Å². The third-order valence-electron chi connectivity index (χ3n) is 12.7. The van der Waals surface area contributed by atoms with Crippen molar-refractivity contribution in [3.8, 4) is 5.75 Å². The number of aliphatic hydroxyl groups is 1. The van der Waals surface area contributed by atoms with Crippen LogP contribution >= 0.6 is 0 Å². The van der Waals surface area contributed by atoms with Gasteiger partial charge in [0.2, 0.25) is 11.8 Å². The van der Waals surface area contributed by atoms with Gasteiger partial charge in [0.25, 0.3) is 5.91 Å². The van der Waals surface area contributed by atoms with Gasteiger partial charge in [-0.1, -0.05) is 128 Å². The standard InChI is InChI=1S/C49H52N4O6Si/c1-34-47(60(3,4)40-25-23-39(58-2)24-26-40)44(31-46(56)51(29-30-54)32-35-13-7-5-8-14-35)59-49(34)41-17-11-12-18-43(41)52(48(49)57)33-36-19-21-38(22-20-36)53-45(55)28-27-42(50-53)37-15-9-6-10-16-37/h5-26,34,44,47,54H,27-33H2,1-4H3/t34-,44+,47-,49+/m0/s1. The van der Waals surface area contributed by atoms with Gasteiger partial charge in [0.05, 0.1) is 57.9 Å². The maximum atomic E-state index is 15.3. The number of aliphatic hydroxyl groups excluding tert-OH is 1. The third kappa shape index (κ3) is 7.57. The Kier molecular flexibility index (Phi) is 11.6. The van der Waals surface area contributed by atoms with Gasteiger partial charge in [-0.2, -0.15) is 5.10 Å². The van der Waals surface area contributed by atoms with Gasteiger partial charge < -0.3 is 24.4 Å². The SMILES string of the molecule is COc1ccc([Si](C)(C)[C@@H]2[C@@H](CC(=O)N(CCO)Cc3ccccc3)O[C@]3(C(=O)N(Cc4ccc(N5N=C(c6ccccc6)CCC5=O)cc4)c4ccccc43)[C@H]2C)cc1. The van der Waals surface area contributed by atoms with Crippen molar-refractivity contribution in [3.05, 3.63) is 156 Å². The lowest BCUT2D eigenvalue weighted by Gasteiger charge is -2.37. The monoisotopic (exact) mass is 820 g/mol. The average Bonchev–Trinajstić information content (AvgIpc) is 3.70. The molecule has 0 aliphatic carbocycles. The van der Waals surface area contributed by atoms with Crippen LogP contribution in [-0.2, 0) is 37.8 Å². The number of carbonyl (C=O) groups excluding carboxylic acids is 3. The number of hydrazone groups is 1. The Bertz CT molecular complexity index is 2370. The van der Waals surface area contributed by atoms with Crippen LogP contribution in [0.4, 0.5) is 11.4 Å². The summed E-state index contributed by atoms with van der Waals surface area (Å²) in [6, 6.07) is 43.4. The molecular formula is C49H52N4O6Si. The third-order valence-corrected chi connectivity index (χ3v) is 17.1. The number of hydrogen-bond donors (Lipinski definition) is 1.